The highest BCUT2D eigenvalue weighted by atomic mass is 16.3. The van der Waals surface area contributed by atoms with Crippen LogP contribution in [0.3, 0.4) is 0 Å². The number of phenols is 1. The van der Waals surface area contributed by atoms with Gasteiger partial charge in [-0.2, -0.15) is 0 Å². The van der Waals surface area contributed by atoms with Gasteiger partial charge in [-0.25, -0.2) is 0 Å². The topological polar surface area (TPSA) is 88.2 Å². The number of hydrogen-bond donors (Lipinski definition) is 3. The van der Waals surface area contributed by atoms with E-state index >= 15 is 0 Å². The molecule has 1 saturated carbocycles. The summed E-state index contributed by atoms with van der Waals surface area (Å²) in [6.07, 6.45) is 2.61. The molecule has 1 heterocycles. The molecule has 1 aliphatic rings. The highest BCUT2D eigenvalue weighted by molar-refractivity contribution is 6.13. The van der Waals surface area contributed by atoms with Gasteiger partial charge in [0.05, 0.1) is 0 Å². The molecular formula is C19H17N3O2. The largest absolute Gasteiger partial charge is 0.506 e. The second-order valence-electron chi connectivity index (χ2n) is 6.11. The number of fused-ring (bicyclic) bond motifs is 1. The van der Waals surface area contributed by atoms with Crippen molar-refractivity contribution in [2.75, 3.05) is 5.32 Å². The van der Waals surface area contributed by atoms with E-state index in [0.717, 1.165) is 12.1 Å². The minimum atomic E-state index is -0.233. The van der Waals surface area contributed by atoms with Crippen LogP contribution in [0.4, 0.5) is 5.69 Å². The maximum Gasteiger partial charge on any atom is 0.256 e. The molecule has 0 bridgehead atoms. The maximum absolute atomic E-state index is 12.6. The van der Waals surface area contributed by atoms with Crippen molar-refractivity contribution >= 4 is 22.5 Å². The van der Waals surface area contributed by atoms with E-state index in [2.05, 4.69) is 10.3 Å². The highest BCUT2D eigenvalue weighted by Gasteiger charge is 2.34. The SMILES string of the molecule is N[C@@H]1C[C@H]1c1ccc(NC(=O)c2ccc(O)c3ncccc23)cc1. The Morgan fingerprint density at radius 1 is 1.17 bits per heavy atom. The van der Waals surface area contributed by atoms with Crippen molar-refractivity contribution in [3.8, 4) is 5.75 Å². The number of aromatic nitrogens is 1. The fourth-order valence-electron chi connectivity index (χ4n) is 2.97. The van der Waals surface area contributed by atoms with Crippen LogP contribution in [0.15, 0.2) is 54.7 Å². The van der Waals surface area contributed by atoms with Gasteiger partial charge < -0.3 is 16.2 Å². The zero-order chi connectivity index (χ0) is 16.7. The summed E-state index contributed by atoms with van der Waals surface area (Å²) >= 11 is 0. The van der Waals surface area contributed by atoms with Crippen LogP contribution in [0.25, 0.3) is 10.9 Å². The molecule has 2 atom stereocenters. The maximum atomic E-state index is 12.6. The van der Waals surface area contributed by atoms with E-state index in [4.69, 9.17) is 5.73 Å². The van der Waals surface area contributed by atoms with E-state index in [-0.39, 0.29) is 17.7 Å². The summed E-state index contributed by atoms with van der Waals surface area (Å²) in [7, 11) is 0. The molecule has 0 aliphatic heterocycles. The van der Waals surface area contributed by atoms with Gasteiger partial charge >= 0.3 is 0 Å². The van der Waals surface area contributed by atoms with Crippen LogP contribution in [-0.4, -0.2) is 22.0 Å². The van der Waals surface area contributed by atoms with Crippen molar-refractivity contribution in [1.29, 1.82) is 0 Å². The molecule has 0 saturated heterocycles. The van der Waals surface area contributed by atoms with Crippen molar-refractivity contribution in [3.05, 3.63) is 65.9 Å². The quantitative estimate of drug-likeness (QED) is 0.692. The summed E-state index contributed by atoms with van der Waals surface area (Å²) in [5.41, 5.74) is 8.69. The van der Waals surface area contributed by atoms with Crippen LogP contribution in [0, 0.1) is 0 Å². The number of amides is 1. The molecule has 4 N–H and O–H groups in total. The molecule has 5 heteroatoms. The molecule has 120 valence electrons. The number of nitrogens with one attached hydrogen (secondary N) is 1. The zero-order valence-corrected chi connectivity index (χ0v) is 12.9. The van der Waals surface area contributed by atoms with Crippen molar-refractivity contribution in [2.24, 2.45) is 5.73 Å². The first-order chi connectivity index (χ1) is 11.6. The third kappa shape index (κ3) is 2.59. The lowest BCUT2D eigenvalue weighted by Gasteiger charge is -2.09. The molecule has 1 aliphatic carbocycles. The van der Waals surface area contributed by atoms with Crippen molar-refractivity contribution in [1.82, 2.24) is 4.98 Å². The van der Waals surface area contributed by atoms with Crippen LogP contribution >= 0.6 is 0 Å². The number of aromatic hydroxyl groups is 1. The van der Waals surface area contributed by atoms with Gasteiger partial charge in [0.2, 0.25) is 0 Å². The fourth-order valence-corrected chi connectivity index (χ4v) is 2.97. The molecule has 1 amide bonds. The molecule has 24 heavy (non-hydrogen) atoms. The third-order valence-electron chi connectivity index (χ3n) is 4.43. The normalized spacial score (nSPS) is 19.2. The van der Waals surface area contributed by atoms with Crippen molar-refractivity contribution in [2.45, 2.75) is 18.4 Å². The molecule has 3 aromatic rings. The Kier molecular flexibility index (Phi) is 3.43. The summed E-state index contributed by atoms with van der Waals surface area (Å²) in [5.74, 6) is 0.276. The highest BCUT2D eigenvalue weighted by Crippen LogP contribution is 2.39. The third-order valence-corrected chi connectivity index (χ3v) is 4.43. The lowest BCUT2D eigenvalue weighted by atomic mass is 10.1. The average molecular weight is 319 g/mol. The molecule has 0 spiro atoms. The van der Waals surface area contributed by atoms with E-state index < -0.39 is 0 Å². The summed E-state index contributed by atoms with van der Waals surface area (Å²) in [4.78, 5) is 16.7. The Hall–Kier alpha value is -2.92. The summed E-state index contributed by atoms with van der Waals surface area (Å²) in [6.45, 7) is 0. The number of anilines is 1. The first kappa shape index (κ1) is 14.7. The fraction of sp³-hybridized carbons (Fsp3) is 0.158. The minimum absolute atomic E-state index is 0.0623. The number of benzene rings is 2. The number of carbonyl (C=O) groups excluding carboxylic acids is 1. The molecule has 4 rings (SSSR count). The summed E-state index contributed by atoms with van der Waals surface area (Å²) in [5, 5.41) is 13.4. The molecule has 1 fully saturated rings. The van der Waals surface area contributed by atoms with Gasteiger partial charge in [0.15, 0.2) is 0 Å². The predicted molar refractivity (Wildman–Crippen MR) is 93.1 cm³/mol. The first-order valence-electron chi connectivity index (χ1n) is 7.87. The minimum Gasteiger partial charge on any atom is -0.506 e. The Morgan fingerprint density at radius 3 is 2.62 bits per heavy atom. The Bertz CT molecular complexity index is 922. The first-order valence-corrected chi connectivity index (χ1v) is 7.87. The molecule has 0 unspecified atom stereocenters. The van der Waals surface area contributed by atoms with Crippen molar-refractivity contribution < 1.29 is 9.90 Å². The smallest absolute Gasteiger partial charge is 0.256 e. The Morgan fingerprint density at radius 2 is 1.92 bits per heavy atom. The Balaban J connectivity index is 1.59. The van der Waals surface area contributed by atoms with E-state index in [9.17, 15) is 9.90 Å². The van der Waals surface area contributed by atoms with E-state index in [1.807, 2.05) is 24.3 Å². The number of carbonyl (C=O) groups is 1. The van der Waals surface area contributed by atoms with Gasteiger partial charge in [-0.3, -0.25) is 9.78 Å². The second-order valence-corrected chi connectivity index (χ2v) is 6.11. The monoisotopic (exact) mass is 319 g/mol. The molecule has 0 radical (unpaired) electrons. The molecule has 5 nitrogen and oxygen atoms in total. The van der Waals surface area contributed by atoms with Crippen molar-refractivity contribution in [3.63, 3.8) is 0 Å². The van der Waals surface area contributed by atoms with Gasteiger partial charge in [-0.1, -0.05) is 18.2 Å². The number of pyridine rings is 1. The van der Waals surface area contributed by atoms with Gasteiger partial charge in [-0.05, 0) is 42.3 Å². The van der Waals surface area contributed by atoms with E-state index in [0.29, 0.717) is 22.4 Å². The number of hydrogen-bond acceptors (Lipinski definition) is 4. The molecule has 1 aromatic heterocycles. The Labute approximate surface area is 139 Å². The summed E-state index contributed by atoms with van der Waals surface area (Å²) < 4.78 is 0. The second kappa shape index (κ2) is 5.62. The summed E-state index contributed by atoms with van der Waals surface area (Å²) in [6, 6.07) is 14.7. The van der Waals surface area contributed by atoms with E-state index in [1.165, 1.54) is 11.6 Å². The predicted octanol–water partition coefficient (Wildman–Crippen LogP) is 3.01. The van der Waals surface area contributed by atoms with Crippen LogP contribution < -0.4 is 11.1 Å². The standard InChI is InChI=1S/C19H17N3O2/c20-16-10-15(16)11-3-5-12(6-4-11)22-19(24)14-7-8-17(23)18-13(14)2-1-9-21-18/h1-9,15-16,23H,10,20H2,(H,22,24)/t15-,16+/m0/s1. The molecule has 2 aromatic carbocycles. The van der Waals surface area contributed by atoms with Gasteiger partial charge in [-0.15, -0.1) is 0 Å². The van der Waals surface area contributed by atoms with E-state index in [1.54, 1.807) is 24.4 Å². The lowest BCUT2D eigenvalue weighted by Crippen LogP contribution is -2.12. The number of phenolic OH excluding ortho intramolecular Hbond substituents is 1. The lowest BCUT2D eigenvalue weighted by molar-refractivity contribution is 0.102. The van der Waals surface area contributed by atoms with Crippen LogP contribution in [0.2, 0.25) is 0 Å². The average Bonchev–Trinajstić information content (AvgIpc) is 3.33. The van der Waals surface area contributed by atoms with Gasteiger partial charge in [0.1, 0.15) is 11.3 Å². The van der Waals surface area contributed by atoms with Crippen LogP contribution in [0.1, 0.15) is 28.3 Å². The van der Waals surface area contributed by atoms with Gasteiger partial charge in [0.25, 0.3) is 5.91 Å². The van der Waals surface area contributed by atoms with Gasteiger partial charge in [0, 0.05) is 34.8 Å². The zero-order valence-electron chi connectivity index (χ0n) is 12.9. The number of nitrogens with two attached hydrogens (primary N) is 1. The van der Waals surface area contributed by atoms with Crippen LogP contribution in [0.5, 0.6) is 5.75 Å². The number of rotatable bonds is 3. The molecular weight excluding hydrogens is 302 g/mol. The number of nitrogens with zero attached hydrogens (tertiary/aromatic N) is 1. The van der Waals surface area contributed by atoms with Crippen LogP contribution in [-0.2, 0) is 0 Å².